The summed E-state index contributed by atoms with van der Waals surface area (Å²) in [6.07, 6.45) is 1.31. The zero-order valence-corrected chi connectivity index (χ0v) is 20.7. The Kier molecular flexibility index (Phi) is 6.59. The third kappa shape index (κ3) is 5.20. The van der Waals surface area contributed by atoms with E-state index in [0.717, 1.165) is 44.7 Å². The normalized spacial score (nSPS) is 15.0. The Labute approximate surface area is 203 Å². The number of aromatic carboxylic acids is 1. The molecular formula is C23H26N2O7S2. The van der Waals surface area contributed by atoms with E-state index in [1.807, 2.05) is 39.0 Å². The fourth-order valence-corrected chi connectivity index (χ4v) is 6.38. The first-order chi connectivity index (χ1) is 16.0. The second-order valence-electron chi connectivity index (χ2n) is 9.11. The number of hydrogen-bond acceptors (Lipinski definition) is 8. The predicted octanol–water partition coefficient (Wildman–Crippen LogP) is 5.09. The number of benzene rings is 1. The van der Waals surface area contributed by atoms with Gasteiger partial charge in [-0.2, -0.15) is 0 Å². The van der Waals surface area contributed by atoms with Gasteiger partial charge in [-0.3, -0.25) is 0 Å². The summed E-state index contributed by atoms with van der Waals surface area (Å²) in [7, 11) is 0. The molecule has 0 saturated carbocycles. The van der Waals surface area contributed by atoms with Crippen molar-refractivity contribution in [2.45, 2.75) is 45.3 Å². The molecule has 182 valence electrons. The number of hydrogen-bond donors (Lipinski definition) is 3. The van der Waals surface area contributed by atoms with Crippen LogP contribution < -0.4 is 10.1 Å². The number of carbonyl (C=O) groups excluding carboxylic acids is 1. The van der Waals surface area contributed by atoms with Crippen LogP contribution in [0.5, 0.6) is 5.75 Å². The quantitative estimate of drug-likeness (QED) is 0.422. The second-order valence-corrected chi connectivity index (χ2v) is 11.2. The monoisotopic (exact) mass is 506 g/mol. The highest BCUT2D eigenvalue weighted by atomic mass is 32.1. The van der Waals surface area contributed by atoms with Crippen LogP contribution in [0.3, 0.4) is 0 Å². The summed E-state index contributed by atoms with van der Waals surface area (Å²) in [5, 5.41) is 22.9. The van der Waals surface area contributed by atoms with Crippen molar-refractivity contribution in [2.75, 3.05) is 25.0 Å². The average Bonchev–Trinajstić information content (AvgIpc) is 3.27. The number of amides is 1. The van der Waals surface area contributed by atoms with Crippen LogP contribution in [0.2, 0.25) is 0 Å². The first-order valence-corrected chi connectivity index (χ1v) is 12.5. The number of fused-ring (bicyclic) bond motifs is 3. The first kappa shape index (κ1) is 24.1. The van der Waals surface area contributed by atoms with Crippen molar-refractivity contribution in [3.8, 4) is 5.75 Å². The van der Waals surface area contributed by atoms with Gasteiger partial charge in [0.25, 0.3) is 0 Å². The number of nitrogens with zero attached hydrogens (tertiary/aromatic N) is 1. The lowest BCUT2D eigenvalue weighted by molar-refractivity contribution is -0.139. The molecule has 1 aliphatic rings. The van der Waals surface area contributed by atoms with Crippen molar-refractivity contribution in [1.82, 2.24) is 4.90 Å². The van der Waals surface area contributed by atoms with Gasteiger partial charge in [0.15, 0.2) is 17.2 Å². The second kappa shape index (κ2) is 9.30. The number of carbonyl (C=O) groups is 3. The maximum atomic E-state index is 12.3. The summed E-state index contributed by atoms with van der Waals surface area (Å²) in [6.45, 7) is 6.20. The van der Waals surface area contributed by atoms with Gasteiger partial charge in [-0.15, -0.1) is 22.7 Å². The summed E-state index contributed by atoms with van der Waals surface area (Å²) < 4.78 is 13.2. The van der Waals surface area contributed by atoms with Gasteiger partial charge in [0.05, 0.1) is 9.40 Å². The molecule has 2 aromatic heterocycles. The Morgan fingerprint density at radius 2 is 1.82 bits per heavy atom. The highest BCUT2D eigenvalue weighted by Gasteiger charge is 2.27. The zero-order chi connectivity index (χ0) is 24.6. The van der Waals surface area contributed by atoms with Crippen LogP contribution in [0.4, 0.5) is 10.5 Å². The third-order valence-electron chi connectivity index (χ3n) is 5.31. The molecule has 1 aliphatic heterocycles. The highest BCUT2D eigenvalue weighted by molar-refractivity contribution is 7.34. The Hall–Kier alpha value is -3.05. The van der Waals surface area contributed by atoms with E-state index in [-0.39, 0.29) is 22.8 Å². The zero-order valence-electron chi connectivity index (χ0n) is 19.0. The van der Waals surface area contributed by atoms with Gasteiger partial charge in [0, 0.05) is 34.9 Å². The van der Waals surface area contributed by atoms with E-state index in [1.165, 1.54) is 11.3 Å². The maximum absolute atomic E-state index is 12.3. The lowest BCUT2D eigenvalue weighted by Crippen LogP contribution is -2.44. The van der Waals surface area contributed by atoms with Gasteiger partial charge in [0.1, 0.15) is 5.60 Å². The van der Waals surface area contributed by atoms with E-state index in [1.54, 1.807) is 4.90 Å². The molecule has 0 bridgehead atoms. The number of carboxylic acid groups (broad SMARTS) is 2. The van der Waals surface area contributed by atoms with Crippen LogP contribution in [0.25, 0.3) is 19.5 Å². The Balaban J connectivity index is 1.49. The largest absolute Gasteiger partial charge is 0.479 e. The molecule has 1 amide bonds. The lowest BCUT2D eigenvalue weighted by Gasteiger charge is -2.34. The van der Waals surface area contributed by atoms with Gasteiger partial charge in [0.2, 0.25) is 0 Å². The molecule has 3 aromatic rings. The molecule has 0 aliphatic carbocycles. The van der Waals surface area contributed by atoms with E-state index < -0.39 is 24.1 Å². The molecule has 34 heavy (non-hydrogen) atoms. The minimum absolute atomic E-state index is 0.00310. The number of ether oxygens (including phenoxy) is 2. The SMILES string of the molecule is CC(C)(C)OC(=O)N1CCC(Nc2ccc3c(c2)sc2c(OCC(=O)O)c(C(=O)O)sc23)CC1. The molecule has 3 heterocycles. The van der Waals surface area contributed by atoms with Crippen molar-refractivity contribution in [3.63, 3.8) is 0 Å². The molecule has 1 saturated heterocycles. The van der Waals surface area contributed by atoms with E-state index >= 15 is 0 Å². The van der Waals surface area contributed by atoms with Crippen LogP contribution in [-0.4, -0.2) is 64.5 Å². The third-order valence-corrected chi connectivity index (χ3v) is 7.79. The van der Waals surface area contributed by atoms with E-state index in [4.69, 9.17) is 14.6 Å². The molecular weight excluding hydrogens is 480 g/mol. The Bertz CT molecular complexity index is 1250. The molecule has 11 heteroatoms. The number of rotatable bonds is 6. The Morgan fingerprint density at radius 1 is 1.12 bits per heavy atom. The Morgan fingerprint density at radius 3 is 2.44 bits per heavy atom. The molecule has 0 unspecified atom stereocenters. The number of aliphatic carboxylic acids is 1. The van der Waals surface area contributed by atoms with Crippen LogP contribution in [0.1, 0.15) is 43.3 Å². The summed E-state index contributed by atoms with van der Waals surface area (Å²) in [5.41, 5.74) is 0.420. The summed E-state index contributed by atoms with van der Waals surface area (Å²) in [5.74, 6) is -2.20. The van der Waals surface area contributed by atoms with Crippen LogP contribution in [0.15, 0.2) is 18.2 Å². The topological polar surface area (TPSA) is 125 Å². The maximum Gasteiger partial charge on any atom is 0.410 e. The molecule has 1 fully saturated rings. The van der Waals surface area contributed by atoms with Gasteiger partial charge in [-0.1, -0.05) is 6.07 Å². The molecule has 0 spiro atoms. The van der Waals surface area contributed by atoms with Gasteiger partial charge in [-0.05, 0) is 45.7 Å². The minimum Gasteiger partial charge on any atom is -0.479 e. The molecule has 0 radical (unpaired) electrons. The number of thiophene rings is 2. The fraction of sp³-hybridized carbons (Fsp3) is 0.435. The molecule has 1 aromatic carbocycles. The summed E-state index contributed by atoms with van der Waals surface area (Å²) in [4.78, 5) is 36.6. The molecule has 9 nitrogen and oxygen atoms in total. The number of piperidine rings is 1. The highest BCUT2D eigenvalue weighted by Crippen LogP contribution is 2.47. The fourth-order valence-electron chi connectivity index (χ4n) is 3.84. The van der Waals surface area contributed by atoms with E-state index in [0.29, 0.717) is 17.8 Å². The standard InChI is InChI=1S/C23H26N2O7S2/c1-23(2,3)32-22(30)25-8-6-12(7-9-25)24-13-4-5-14-15(10-13)33-19-17(31-11-16(26)27)20(21(28)29)34-18(14)19/h4-5,10,12,24H,6-9,11H2,1-3H3,(H,26,27)(H,28,29). The summed E-state index contributed by atoms with van der Waals surface area (Å²) in [6, 6.07) is 6.11. The van der Waals surface area contributed by atoms with Gasteiger partial charge >= 0.3 is 18.0 Å². The van der Waals surface area contributed by atoms with Crippen molar-refractivity contribution in [2.24, 2.45) is 0 Å². The molecule has 4 rings (SSSR count). The van der Waals surface area contributed by atoms with Crippen molar-refractivity contribution < 1.29 is 34.1 Å². The number of carboxylic acids is 2. The molecule has 3 N–H and O–H groups in total. The van der Waals surface area contributed by atoms with Crippen molar-refractivity contribution >= 4 is 65.9 Å². The smallest absolute Gasteiger partial charge is 0.410 e. The van der Waals surface area contributed by atoms with Crippen molar-refractivity contribution in [3.05, 3.63) is 23.1 Å². The first-order valence-electron chi connectivity index (χ1n) is 10.8. The van der Waals surface area contributed by atoms with Gasteiger partial charge in [-0.25, -0.2) is 14.4 Å². The van der Waals surface area contributed by atoms with Crippen molar-refractivity contribution in [1.29, 1.82) is 0 Å². The van der Waals surface area contributed by atoms with Crippen LogP contribution in [0, 0.1) is 0 Å². The van der Waals surface area contributed by atoms with E-state index in [9.17, 15) is 19.5 Å². The number of nitrogens with one attached hydrogen (secondary N) is 1. The minimum atomic E-state index is -1.17. The number of likely N-dealkylation sites (tertiary alicyclic amines) is 1. The van der Waals surface area contributed by atoms with Gasteiger partial charge < -0.3 is 29.9 Å². The number of anilines is 1. The average molecular weight is 507 g/mol. The summed E-state index contributed by atoms with van der Waals surface area (Å²) >= 11 is 2.47. The lowest BCUT2D eigenvalue weighted by atomic mass is 10.0. The predicted molar refractivity (Wildman–Crippen MR) is 132 cm³/mol. The van der Waals surface area contributed by atoms with Crippen LogP contribution >= 0.6 is 22.7 Å². The van der Waals surface area contributed by atoms with Crippen LogP contribution in [-0.2, 0) is 9.53 Å². The molecule has 0 atom stereocenters. The van der Waals surface area contributed by atoms with E-state index in [2.05, 4.69) is 5.32 Å².